The molecule has 0 bridgehead atoms. The van der Waals surface area contributed by atoms with Crippen LogP contribution in [0.2, 0.25) is 0 Å². The molecule has 0 aromatic rings. The molecule has 1 aliphatic heterocycles. The molecule has 3 fully saturated rings. The summed E-state index contributed by atoms with van der Waals surface area (Å²) in [5.74, 6) is -0.219. The van der Waals surface area contributed by atoms with Crippen molar-refractivity contribution in [3.8, 4) is 0 Å². The number of hydrogen-bond acceptors (Lipinski definition) is 6. The van der Waals surface area contributed by atoms with Crippen LogP contribution in [0.3, 0.4) is 0 Å². The number of aliphatic hydroxyl groups excluding tert-OH is 1. The molecule has 3 aliphatic rings. The normalized spacial score (nSPS) is 43.0. The molecule has 0 aromatic heterocycles. The molecule has 0 aromatic carbocycles. The van der Waals surface area contributed by atoms with Crippen molar-refractivity contribution in [1.82, 2.24) is 0 Å². The molecule has 1 spiro atoms. The molecule has 6 nitrogen and oxygen atoms in total. The second kappa shape index (κ2) is 8.90. The van der Waals surface area contributed by atoms with Crippen molar-refractivity contribution in [3.05, 3.63) is 24.3 Å². The summed E-state index contributed by atoms with van der Waals surface area (Å²) in [6.07, 6.45) is 3.13. The summed E-state index contributed by atoms with van der Waals surface area (Å²) in [6, 6.07) is 0. The monoisotopic (exact) mass is 500 g/mol. The Hall–Kier alpha value is -0.730. The first-order valence-electron chi connectivity index (χ1n) is 11.2. The number of aliphatic hydroxyl groups is 1. The third-order valence-corrected chi connectivity index (χ3v) is 8.11. The minimum absolute atomic E-state index is 0.00989. The van der Waals surface area contributed by atoms with E-state index < -0.39 is 23.6 Å². The number of alkyl halides is 1. The predicted octanol–water partition coefficient (Wildman–Crippen LogP) is 4.01. The highest BCUT2D eigenvalue weighted by atomic mass is 79.9. The van der Waals surface area contributed by atoms with Gasteiger partial charge < -0.3 is 24.1 Å². The molecule has 1 unspecified atom stereocenters. The molecule has 176 valence electrons. The van der Waals surface area contributed by atoms with Crippen LogP contribution < -0.4 is 0 Å². The highest BCUT2D eigenvalue weighted by molar-refractivity contribution is 9.09. The van der Waals surface area contributed by atoms with Crippen molar-refractivity contribution >= 4 is 21.9 Å². The number of halogens is 1. The summed E-state index contributed by atoms with van der Waals surface area (Å²) in [6.45, 7) is 16.2. The molecule has 7 heteroatoms. The van der Waals surface area contributed by atoms with Gasteiger partial charge in [-0.2, -0.15) is 0 Å². The smallest absolute Gasteiger partial charge is 0.302 e. The molecule has 2 aliphatic carbocycles. The van der Waals surface area contributed by atoms with E-state index in [-0.39, 0.29) is 41.8 Å². The Kier molecular flexibility index (Phi) is 7.15. The fourth-order valence-corrected chi connectivity index (χ4v) is 6.40. The van der Waals surface area contributed by atoms with Gasteiger partial charge in [0.1, 0.15) is 12.2 Å². The first kappa shape index (κ1) is 24.9. The van der Waals surface area contributed by atoms with Gasteiger partial charge in [0, 0.05) is 24.9 Å². The Morgan fingerprint density at radius 1 is 1.42 bits per heavy atom. The molecular formula is C24H37BrO6. The largest absolute Gasteiger partial charge is 0.463 e. The Labute approximate surface area is 194 Å². The van der Waals surface area contributed by atoms with E-state index in [0.29, 0.717) is 11.9 Å². The van der Waals surface area contributed by atoms with Crippen molar-refractivity contribution in [2.45, 2.75) is 77.7 Å². The maximum Gasteiger partial charge on any atom is 0.302 e. The molecule has 3 rings (SSSR count). The van der Waals surface area contributed by atoms with Gasteiger partial charge in [-0.15, -0.1) is 0 Å². The lowest BCUT2D eigenvalue weighted by Crippen LogP contribution is -2.45. The summed E-state index contributed by atoms with van der Waals surface area (Å²) < 4.78 is 24.2. The molecule has 0 amide bonds. The topological polar surface area (TPSA) is 74.2 Å². The molecular weight excluding hydrogens is 464 g/mol. The average Bonchev–Trinajstić information content (AvgIpc) is 3.06. The third kappa shape index (κ3) is 3.95. The van der Waals surface area contributed by atoms with Crippen LogP contribution in [0.4, 0.5) is 0 Å². The second-order valence-corrected chi connectivity index (χ2v) is 10.5. The molecule has 31 heavy (non-hydrogen) atoms. The fourth-order valence-electron chi connectivity index (χ4n) is 6.06. The lowest BCUT2D eigenvalue weighted by Gasteiger charge is -2.35. The molecule has 1 N–H and O–H groups in total. The number of allylic oxidation sites excluding steroid dienone is 2. The van der Waals surface area contributed by atoms with E-state index in [1.807, 2.05) is 19.9 Å². The van der Waals surface area contributed by atoms with Crippen LogP contribution in [-0.4, -0.2) is 59.3 Å². The molecule has 1 saturated heterocycles. The van der Waals surface area contributed by atoms with Gasteiger partial charge >= 0.3 is 5.97 Å². The minimum atomic E-state index is -0.998. The highest BCUT2D eigenvalue weighted by Crippen LogP contribution is 2.77. The summed E-state index contributed by atoms with van der Waals surface area (Å²) in [5, 5.41) is 12.2. The second-order valence-electron chi connectivity index (χ2n) is 9.90. The fraction of sp³-hybridized carbons (Fsp3) is 0.792. The zero-order valence-electron chi connectivity index (χ0n) is 19.5. The average molecular weight is 501 g/mol. The van der Waals surface area contributed by atoms with Crippen LogP contribution in [0.15, 0.2) is 24.3 Å². The van der Waals surface area contributed by atoms with Crippen LogP contribution in [0, 0.1) is 23.2 Å². The minimum Gasteiger partial charge on any atom is -0.463 e. The summed E-state index contributed by atoms with van der Waals surface area (Å²) in [4.78, 5) is 11.5. The van der Waals surface area contributed by atoms with Gasteiger partial charge in [0.05, 0.1) is 23.1 Å². The van der Waals surface area contributed by atoms with Crippen molar-refractivity contribution in [3.63, 3.8) is 0 Å². The van der Waals surface area contributed by atoms with Gasteiger partial charge in [0.2, 0.25) is 0 Å². The Balaban J connectivity index is 2.04. The predicted molar refractivity (Wildman–Crippen MR) is 122 cm³/mol. The van der Waals surface area contributed by atoms with Crippen molar-refractivity contribution < 1.29 is 28.8 Å². The Morgan fingerprint density at radius 2 is 2.10 bits per heavy atom. The first-order chi connectivity index (χ1) is 14.5. The maximum atomic E-state index is 11.6. The molecule has 8 atom stereocenters. The van der Waals surface area contributed by atoms with Gasteiger partial charge in [-0.3, -0.25) is 4.79 Å². The van der Waals surface area contributed by atoms with Crippen molar-refractivity contribution in [2.75, 3.05) is 18.5 Å². The van der Waals surface area contributed by atoms with Gasteiger partial charge in [-0.1, -0.05) is 55.4 Å². The van der Waals surface area contributed by atoms with E-state index in [2.05, 4.69) is 43.3 Å². The number of ether oxygens (including phenoxy) is 4. The van der Waals surface area contributed by atoms with Gasteiger partial charge in [-0.25, -0.2) is 0 Å². The number of carbonyl (C=O) groups excluding carboxylic acids is 1. The summed E-state index contributed by atoms with van der Waals surface area (Å²) in [5.41, 5.74) is -0.693. The maximum absolute atomic E-state index is 11.6. The number of esters is 1. The van der Waals surface area contributed by atoms with E-state index in [4.69, 9.17) is 18.9 Å². The Morgan fingerprint density at radius 3 is 2.65 bits per heavy atom. The van der Waals surface area contributed by atoms with E-state index in [9.17, 15) is 9.90 Å². The van der Waals surface area contributed by atoms with Gasteiger partial charge in [0.15, 0.2) is 6.29 Å². The highest BCUT2D eigenvalue weighted by Gasteiger charge is 2.83. The van der Waals surface area contributed by atoms with Crippen LogP contribution >= 0.6 is 15.9 Å². The third-order valence-electron chi connectivity index (χ3n) is 7.58. The summed E-state index contributed by atoms with van der Waals surface area (Å²) in [7, 11) is 0. The van der Waals surface area contributed by atoms with Crippen LogP contribution in [0.1, 0.15) is 48.0 Å². The van der Waals surface area contributed by atoms with Crippen molar-refractivity contribution in [2.24, 2.45) is 23.2 Å². The van der Waals surface area contributed by atoms with Crippen molar-refractivity contribution in [1.29, 1.82) is 0 Å². The number of carbonyl (C=O) groups is 1. The first-order valence-corrected chi connectivity index (χ1v) is 12.3. The van der Waals surface area contributed by atoms with Crippen LogP contribution in [0.5, 0.6) is 0 Å². The molecule has 1 heterocycles. The molecule has 0 radical (unpaired) electrons. The molecule has 2 saturated carbocycles. The van der Waals surface area contributed by atoms with E-state index in [1.165, 1.54) is 6.92 Å². The standard InChI is InChI=1S/C24H37BrO6/c1-8-10-16-19-21(27)23(7,13-29-15(4)26)31-24(19)17(22(24,5)6)11-14(3)20(16)30-18(12-25)28-9-2/h8,10,14,17-21,27H,1,9,11-13H2,2-7H3/b16-10+/t14-,17-,18?,19-,20-,21-,23+,24-/m0/s1. The number of rotatable bonds is 8. The zero-order chi connectivity index (χ0) is 23.2. The van der Waals surface area contributed by atoms with Crippen LogP contribution in [0.25, 0.3) is 0 Å². The SMILES string of the molecule is C=C/C=C1/[C@@H](OC(CBr)OCC)[C@@H](C)C[C@H]2C(C)(C)[C@]23O[C@](C)(COC(C)=O)[C@@H](O)[C@H]13. The lowest BCUT2D eigenvalue weighted by atomic mass is 9.77. The van der Waals surface area contributed by atoms with Crippen LogP contribution in [-0.2, 0) is 23.7 Å². The van der Waals surface area contributed by atoms with Gasteiger partial charge in [0.25, 0.3) is 0 Å². The summed E-state index contributed by atoms with van der Waals surface area (Å²) >= 11 is 3.49. The number of hydrogen-bond donors (Lipinski definition) is 1. The lowest BCUT2D eigenvalue weighted by molar-refractivity contribution is -0.162. The Bertz CT molecular complexity index is 736. The van der Waals surface area contributed by atoms with E-state index in [0.717, 1.165) is 12.0 Å². The van der Waals surface area contributed by atoms with E-state index >= 15 is 0 Å². The zero-order valence-corrected chi connectivity index (χ0v) is 21.1. The van der Waals surface area contributed by atoms with Gasteiger partial charge in [-0.05, 0) is 37.7 Å². The van der Waals surface area contributed by atoms with E-state index in [1.54, 1.807) is 6.08 Å². The quantitative estimate of drug-likeness (QED) is 0.308.